The molecule has 1 saturated heterocycles. The minimum absolute atomic E-state index is 0.0168. The summed E-state index contributed by atoms with van der Waals surface area (Å²) in [5, 5.41) is 11.9. The van der Waals surface area contributed by atoms with Crippen molar-refractivity contribution in [3.63, 3.8) is 0 Å². The third-order valence-corrected chi connectivity index (χ3v) is 6.38. The van der Waals surface area contributed by atoms with Gasteiger partial charge in [-0.2, -0.15) is 5.26 Å². The Kier molecular flexibility index (Phi) is 5.05. The number of carbonyl (C=O) groups excluding carboxylic acids is 1. The first-order valence-electron chi connectivity index (χ1n) is 8.40. The van der Waals surface area contributed by atoms with Gasteiger partial charge >= 0.3 is 0 Å². The van der Waals surface area contributed by atoms with Crippen LogP contribution >= 0.6 is 35.0 Å². The molecule has 0 N–H and O–H groups in total. The number of anilines is 1. The second-order valence-electron chi connectivity index (χ2n) is 6.40. The highest BCUT2D eigenvalue weighted by molar-refractivity contribution is 8.03. The van der Waals surface area contributed by atoms with E-state index in [0.717, 1.165) is 16.3 Å². The molecule has 1 amide bonds. The third kappa shape index (κ3) is 3.53. The van der Waals surface area contributed by atoms with E-state index in [-0.39, 0.29) is 18.2 Å². The lowest BCUT2D eigenvalue weighted by molar-refractivity contribution is -0.129. The number of allylic oxidation sites excluding steroid dienone is 1. The number of hydrogen-bond acceptors (Lipinski definition) is 4. The van der Waals surface area contributed by atoms with Crippen LogP contribution in [0.4, 0.5) is 5.69 Å². The molecule has 0 aliphatic carbocycles. The van der Waals surface area contributed by atoms with Gasteiger partial charge in [-0.05, 0) is 35.9 Å². The van der Waals surface area contributed by atoms with Gasteiger partial charge in [-0.15, -0.1) is 0 Å². The first-order chi connectivity index (χ1) is 13.1. The standard InChI is InChI=1S/C20H15Cl2N3OS/c21-14-6-4-13(5-7-14)17-9-19(26)25-11-24(12-27-20(25)18(17)10-23)16-3-1-2-15(22)8-16/h1-8,17H,9,11-12H2/t17-/m1/s1. The molecule has 4 nitrogen and oxygen atoms in total. The quantitative estimate of drug-likeness (QED) is 0.674. The van der Waals surface area contributed by atoms with Crippen LogP contribution in [0.3, 0.4) is 0 Å². The molecule has 136 valence electrons. The van der Waals surface area contributed by atoms with E-state index in [9.17, 15) is 10.1 Å². The summed E-state index contributed by atoms with van der Waals surface area (Å²) in [5.74, 6) is 0.442. The highest BCUT2D eigenvalue weighted by atomic mass is 35.5. The van der Waals surface area contributed by atoms with Crippen molar-refractivity contribution in [3.05, 3.63) is 74.7 Å². The fraction of sp³-hybridized carbons (Fsp3) is 0.200. The topological polar surface area (TPSA) is 47.3 Å². The summed E-state index contributed by atoms with van der Waals surface area (Å²) in [4.78, 5) is 16.7. The lowest BCUT2D eigenvalue weighted by Gasteiger charge is -2.42. The van der Waals surface area contributed by atoms with Gasteiger partial charge in [0, 0.05) is 28.1 Å². The molecule has 4 rings (SSSR count). The van der Waals surface area contributed by atoms with Crippen LogP contribution in [0.25, 0.3) is 0 Å². The molecule has 0 radical (unpaired) electrons. The van der Waals surface area contributed by atoms with Crippen LogP contribution in [0, 0.1) is 11.3 Å². The van der Waals surface area contributed by atoms with Crippen LogP contribution in [-0.2, 0) is 4.79 Å². The number of nitrogens with zero attached hydrogens (tertiary/aromatic N) is 3. The van der Waals surface area contributed by atoms with Crippen molar-refractivity contribution in [2.75, 3.05) is 17.4 Å². The van der Waals surface area contributed by atoms with Gasteiger partial charge in [0.05, 0.1) is 29.2 Å². The SMILES string of the molecule is N#CC1=C2SCN(c3cccc(Cl)c3)CN2C(=O)C[C@@H]1c1ccc(Cl)cc1. The van der Waals surface area contributed by atoms with Crippen LogP contribution in [0.1, 0.15) is 17.9 Å². The van der Waals surface area contributed by atoms with Gasteiger partial charge in [-0.3, -0.25) is 9.69 Å². The zero-order valence-corrected chi connectivity index (χ0v) is 16.6. The first-order valence-corrected chi connectivity index (χ1v) is 10.1. The number of carbonyl (C=O) groups is 1. The Hall–Kier alpha value is -2.13. The van der Waals surface area contributed by atoms with Crippen LogP contribution in [0.2, 0.25) is 10.0 Å². The molecule has 2 aliphatic rings. The van der Waals surface area contributed by atoms with Gasteiger partial charge < -0.3 is 4.90 Å². The summed E-state index contributed by atoms with van der Waals surface area (Å²) in [7, 11) is 0. The fourth-order valence-electron chi connectivity index (χ4n) is 3.38. The molecule has 0 unspecified atom stereocenters. The average molecular weight is 416 g/mol. The Morgan fingerprint density at radius 2 is 1.89 bits per heavy atom. The van der Waals surface area contributed by atoms with E-state index in [1.54, 1.807) is 17.0 Å². The number of amides is 1. The summed E-state index contributed by atoms with van der Waals surface area (Å²) < 4.78 is 0. The molecular weight excluding hydrogens is 401 g/mol. The van der Waals surface area contributed by atoms with Crippen LogP contribution in [0.15, 0.2) is 59.1 Å². The molecular formula is C20H15Cl2N3OS. The predicted molar refractivity (Wildman–Crippen MR) is 110 cm³/mol. The Labute approximate surface area is 172 Å². The van der Waals surface area contributed by atoms with Crippen LogP contribution < -0.4 is 4.90 Å². The smallest absolute Gasteiger partial charge is 0.229 e. The molecule has 0 saturated carbocycles. The van der Waals surface area contributed by atoms with Crippen molar-refractivity contribution < 1.29 is 4.79 Å². The number of halogens is 2. The summed E-state index contributed by atoms with van der Waals surface area (Å²) in [5.41, 5.74) is 2.54. The van der Waals surface area contributed by atoms with E-state index in [1.165, 1.54) is 11.8 Å². The molecule has 1 fully saturated rings. The zero-order valence-electron chi connectivity index (χ0n) is 14.2. The number of fused-ring (bicyclic) bond motifs is 1. The molecule has 7 heteroatoms. The fourth-order valence-corrected chi connectivity index (χ4v) is 4.86. The molecule has 2 aliphatic heterocycles. The third-order valence-electron chi connectivity index (χ3n) is 4.74. The van der Waals surface area contributed by atoms with Crippen molar-refractivity contribution in [1.82, 2.24) is 4.90 Å². The van der Waals surface area contributed by atoms with E-state index in [2.05, 4.69) is 11.0 Å². The van der Waals surface area contributed by atoms with E-state index in [1.807, 2.05) is 36.4 Å². The predicted octanol–water partition coefficient (Wildman–Crippen LogP) is 5.21. The van der Waals surface area contributed by atoms with Crippen LogP contribution in [-0.4, -0.2) is 23.4 Å². The van der Waals surface area contributed by atoms with E-state index >= 15 is 0 Å². The maximum atomic E-state index is 12.9. The zero-order chi connectivity index (χ0) is 19.0. The molecule has 0 aromatic heterocycles. The minimum atomic E-state index is -0.226. The van der Waals surface area contributed by atoms with Crippen molar-refractivity contribution in [3.8, 4) is 6.07 Å². The van der Waals surface area contributed by atoms with Gasteiger partial charge in [-0.25, -0.2) is 0 Å². The van der Waals surface area contributed by atoms with E-state index in [4.69, 9.17) is 23.2 Å². The molecule has 1 atom stereocenters. The lowest BCUT2D eigenvalue weighted by atomic mass is 9.86. The summed E-state index contributed by atoms with van der Waals surface area (Å²) in [6, 6.07) is 17.3. The van der Waals surface area contributed by atoms with Crippen LogP contribution in [0.5, 0.6) is 0 Å². The van der Waals surface area contributed by atoms with E-state index in [0.29, 0.717) is 28.2 Å². The number of thioether (sulfide) groups is 1. The number of hydrogen-bond donors (Lipinski definition) is 0. The van der Waals surface area contributed by atoms with Gasteiger partial charge in [0.25, 0.3) is 0 Å². The lowest BCUT2D eigenvalue weighted by Crippen LogP contribution is -2.47. The summed E-state index contributed by atoms with van der Waals surface area (Å²) in [6.45, 7) is 0.417. The highest BCUT2D eigenvalue weighted by Gasteiger charge is 2.38. The van der Waals surface area contributed by atoms with Crippen molar-refractivity contribution in [2.24, 2.45) is 0 Å². The van der Waals surface area contributed by atoms with Crippen molar-refractivity contribution in [2.45, 2.75) is 12.3 Å². The summed E-state index contributed by atoms with van der Waals surface area (Å²) >= 11 is 13.6. The van der Waals surface area contributed by atoms with Crippen molar-refractivity contribution >= 4 is 46.6 Å². The maximum absolute atomic E-state index is 12.9. The Balaban J connectivity index is 1.66. The monoisotopic (exact) mass is 415 g/mol. The summed E-state index contributed by atoms with van der Waals surface area (Å²) in [6.07, 6.45) is 0.276. The molecule has 0 bridgehead atoms. The number of benzene rings is 2. The normalized spacial score (nSPS) is 19.7. The van der Waals surface area contributed by atoms with Gasteiger partial charge in [-0.1, -0.05) is 53.2 Å². The Morgan fingerprint density at radius 1 is 1.11 bits per heavy atom. The second kappa shape index (κ2) is 7.47. The second-order valence-corrected chi connectivity index (χ2v) is 8.20. The number of nitriles is 1. The molecule has 0 spiro atoms. The highest BCUT2D eigenvalue weighted by Crippen LogP contribution is 2.43. The molecule has 2 aromatic rings. The average Bonchev–Trinajstić information content (AvgIpc) is 2.68. The largest absolute Gasteiger partial charge is 0.344 e. The number of rotatable bonds is 2. The van der Waals surface area contributed by atoms with Gasteiger partial charge in [0.1, 0.15) is 0 Å². The minimum Gasteiger partial charge on any atom is -0.344 e. The molecule has 27 heavy (non-hydrogen) atoms. The molecule has 2 aromatic carbocycles. The molecule has 2 heterocycles. The Bertz CT molecular complexity index is 968. The van der Waals surface area contributed by atoms with Gasteiger partial charge in [0.2, 0.25) is 5.91 Å². The Morgan fingerprint density at radius 3 is 2.59 bits per heavy atom. The van der Waals surface area contributed by atoms with E-state index < -0.39 is 0 Å². The van der Waals surface area contributed by atoms with Gasteiger partial charge in [0.15, 0.2) is 0 Å². The maximum Gasteiger partial charge on any atom is 0.229 e. The van der Waals surface area contributed by atoms with Crippen molar-refractivity contribution in [1.29, 1.82) is 5.26 Å². The first kappa shape index (κ1) is 18.2.